The van der Waals surface area contributed by atoms with Crippen LogP contribution in [0.3, 0.4) is 0 Å². The fourth-order valence-electron chi connectivity index (χ4n) is 5.25. The summed E-state index contributed by atoms with van der Waals surface area (Å²) in [6, 6.07) is 21.9. The molecule has 2 aliphatic rings. The van der Waals surface area contributed by atoms with Crippen LogP contribution in [0.1, 0.15) is 63.0 Å². The largest absolute Gasteiger partial charge is 0.349 e. The van der Waals surface area contributed by atoms with Gasteiger partial charge in [-0.3, -0.25) is 0 Å². The molecule has 0 bridgehead atoms. The van der Waals surface area contributed by atoms with Gasteiger partial charge in [0.25, 0.3) is 0 Å². The minimum absolute atomic E-state index is 0.0130. The number of fused-ring (bicyclic) bond motifs is 1. The van der Waals surface area contributed by atoms with E-state index in [1.807, 2.05) is 0 Å². The molecule has 2 fully saturated rings. The van der Waals surface area contributed by atoms with Crippen LogP contribution < -0.4 is 0 Å². The Balaban J connectivity index is 1.84. The van der Waals surface area contributed by atoms with E-state index in [4.69, 9.17) is 9.47 Å². The maximum Gasteiger partial charge on any atom is 0.175 e. The molecule has 1 aliphatic carbocycles. The summed E-state index contributed by atoms with van der Waals surface area (Å²) in [5.41, 5.74) is 2.77. The zero-order valence-electron chi connectivity index (χ0n) is 16.0. The Hall–Kier alpha value is -1.64. The van der Waals surface area contributed by atoms with Gasteiger partial charge in [0, 0.05) is 17.8 Å². The second-order valence-corrected chi connectivity index (χ2v) is 7.95. The van der Waals surface area contributed by atoms with Crippen LogP contribution in [0.2, 0.25) is 0 Å². The maximum absolute atomic E-state index is 6.68. The van der Waals surface area contributed by atoms with E-state index < -0.39 is 5.79 Å². The predicted octanol–water partition coefficient (Wildman–Crippen LogP) is 5.92. The van der Waals surface area contributed by atoms with E-state index in [2.05, 4.69) is 74.5 Å². The average molecular weight is 351 g/mol. The van der Waals surface area contributed by atoms with Gasteiger partial charge in [-0.05, 0) is 43.7 Å². The van der Waals surface area contributed by atoms with Crippen molar-refractivity contribution in [3.8, 4) is 0 Å². The molecule has 1 saturated carbocycles. The van der Waals surface area contributed by atoms with Crippen molar-refractivity contribution in [3.05, 3.63) is 71.8 Å². The van der Waals surface area contributed by atoms with Gasteiger partial charge in [-0.25, -0.2) is 0 Å². The lowest BCUT2D eigenvalue weighted by molar-refractivity contribution is -0.269. The fourth-order valence-corrected chi connectivity index (χ4v) is 5.25. The summed E-state index contributed by atoms with van der Waals surface area (Å²) in [6.07, 6.45) is 5.65. The molecular formula is C24H30O2. The summed E-state index contributed by atoms with van der Waals surface area (Å²) < 4.78 is 13.1. The molecule has 0 spiro atoms. The van der Waals surface area contributed by atoms with Gasteiger partial charge in [-0.15, -0.1) is 0 Å². The Morgan fingerprint density at radius 2 is 1.54 bits per heavy atom. The molecule has 0 N–H and O–H groups in total. The van der Waals surface area contributed by atoms with Crippen LogP contribution in [0.25, 0.3) is 0 Å². The quantitative estimate of drug-likeness (QED) is 0.644. The van der Waals surface area contributed by atoms with Crippen LogP contribution in [0.5, 0.6) is 0 Å². The van der Waals surface area contributed by atoms with Crippen molar-refractivity contribution in [1.82, 2.24) is 0 Å². The third-order valence-corrected chi connectivity index (χ3v) is 6.56. The van der Waals surface area contributed by atoms with Crippen molar-refractivity contribution < 1.29 is 9.47 Å². The Labute approximate surface area is 157 Å². The Morgan fingerprint density at radius 1 is 0.923 bits per heavy atom. The van der Waals surface area contributed by atoms with E-state index in [1.165, 1.54) is 17.5 Å². The molecule has 2 heteroatoms. The van der Waals surface area contributed by atoms with Crippen LogP contribution >= 0.6 is 0 Å². The summed E-state index contributed by atoms with van der Waals surface area (Å²) in [4.78, 5) is 0. The monoisotopic (exact) mass is 350 g/mol. The zero-order valence-corrected chi connectivity index (χ0v) is 16.0. The van der Waals surface area contributed by atoms with Crippen molar-refractivity contribution in [2.75, 3.05) is 6.61 Å². The van der Waals surface area contributed by atoms with Gasteiger partial charge < -0.3 is 9.47 Å². The zero-order chi connectivity index (χ0) is 18.0. The van der Waals surface area contributed by atoms with Gasteiger partial charge >= 0.3 is 0 Å². The number of ether oxygens (including phenoxy) is 2. The smallest absolute Gasteiger partial charge is 0.175 e. The van der Waals surface area contributed by atoms with Gasteiger partial charge in [0.2, 0.25) is 0 Å². The van der Waals surface area contributed by atoms with Crippen molar-refractivity contribution >= 4 is 0 Å². The van der Waals surface area contributed by atoms with E-state index in [-0.39, 0.29) is 11.5 Å². The van der Waals surface area contributed by atoms with Crippen LogP contribution in [0.4, 0.5) is 0 Å². The first kappa shape index (κ1) is 17.8. The SMILES string of the molecule is CC[C@H](C)O[C@@]12CCC[C@]1(C(c1ccccc1)c1ccccc1)CCO2. The minimum atomic E-state index is -0.446. The number of hydrogen-bond donors (Lipinski definition) is 0. The molecule has 0 radical (unpaired) electrons. The number of hydrogen-bond acceptors (Lipinski definition) is 2. The molecule has 138 valence electrons. The van der Waals surface area contributed by atoms with Crippen molar-refractivity contribution in [2.24, 2.45) is 5.41 Å². The minimum Gasteiger partial charge on any atom is -0.349 e. The van der Waals surface area contributed by atoms with Crippen molar-refractivity contribution in [3.63, 3.8) is 0 Å². The molecule has 3 atom stereocenters. The van der Waals surface area contributed by atoms with E-state index >= 15 is 0 Å². The molecule has 1 aliphatic heterocycles. The lowest BCUT2D eigenvalue weighted by Gasteiger charge is -2.46. The first-order valence-corrected chi connectivity index (χ1v) is 10.1. The van der Waals surface area contributed by atoms with Gasteiger partial charge in [0.1, 0.15) is 0 Å². The summed E-state index contributed by atoms with van der Waals surface area (Å²) in [6.45, 7) is 5.17. The Bertz CT molecular complexity index is 660. The van der Waals surface area contributed by atoms with E-state index in [0.29, 0.717) is 5.92 Å². The highest BCUT2D eigenvalue weighted by atomic mass is 16.7. The standard InChI is InChI=1S/C24H30O2/c1-3-19(2)26-24-16-10-15-23(24,17-18-25-24)22(20-11-6-4-7-12-20)21-13-8-5-9-14-21/h4-9,11-14,19,22H,3,10,15-18H2,1-2H3/t19-,23+,24-/m0/s1. The first-order chi connectivity index (χ1) is 12.7. The van der Waals surface area contributed by atoms with E-state index in [9.17, 15) is 0 Å². The maximum atomic E-state index is 6.68. The second kappa shape index (κ2) is 7.17. The molecule has 2 nitrogen and oxygen atoms in total. The van der Waals surface area contributed by atoms with E-state index in [0.717, 1.165) is 32.3 Å². The highest BCUT2D eigenvalue weighted by molar-refractivity contribution is 5.37. The van der Waals surface area contributed by atoms with Crippen molar-refractivity contribution in [1.29, 1.82) is 0 Å². The number of benzene rings is 2. The predicted molar refractivity (Wildman–Crippen MR) is 105 cm³/mol. The summed E-state index contributed by atoms with van der Waals surface area (Å²) in [5, 5.41) is 0. The third-order valence-electron chi connectivity index (χ3n) is 6.56. The molecule has 2 aromatic carbocycles. The Kier molecular flexibility index (Phi) is 4.90. The van der Waals surface area contributed by atoms with Crippen molar-refractivity contribution in [2.45, 2.75) is 63.8 Å². The third kappa shape index (κ3) is 2.80. The molecule has 1 heterocycles. The highest BCUT2D eigenvalue weighted by Crippen LogP contribution is 2.64. The number of rotatable bonds is 6. The van der Waals surface area contributed by atoms with Gasteiger partial charge in [0.15, 0.2) is 5.79 Å². The summed E-state index contributed by atoms with van der Waals surface area (Å²) >= 11 is 0. The first-order valence-electron chi connectivity index (χ1n) is 10.1. The van der Waals surface area contributed by atoms with Gasteiger partial charge in [-0.2, -0.15) is 0 Å². The molecule has 0 amide bonds. The fraction of sp³-hybridized carbons (Fsp3) is 0.500. The molecule has 0 aromatic heterocycles. The second-order valence-electron chi connectivity index (χ2n) is 7.95. The van der Waals surface area contributed by atoms with Crippen LogP contribution in [-0.2, 0) is 9.47 Å². The topological polar surface area (TPSA) is 18.5 Å². The molecule has 26 heavy (non-hydrogen) atoms. The van der Waals surface area contributed by atoms with Crippen LogP contribution in [-0.4, -0.2) is 18.5 Å². The molecular weight excluding hydrogens is 320 g/mol. The van der Waals surface area contributed by atoms with Crippen LogP contribution in [0, 0.1) is 5.41 Å². The average Bonchev–Trinajstić information content (AvgIpc) is 3.18. The lowest BCUT2D eigenvalue weighted by Crippen LogP contribution is -2.48. The van der Waals surface area contributed by atoms with E-state index in [1.54, 1.807) is 0 Å². The lowest BCUT2D eigenvalue weighted by atomic mass is 9.64. The Morgan fingerprint density at radius 3 is 2.12 bits per heavy atom. The molecule has 4 rings (SSSR count). The summed E-state index contributed by atoms with van der Waals surface area (Å²) in [7, 11) is 0. The molecule has 2 aromatic rings. The highest BCUT2D eigenvalue weighted by Gasteiger charge is 2.64. The van der Waals surface area contributed by atoms with Gasteiger partial charge in [0.05, 0.1) is 12.7 Å². The molecule has 0 unspecified atom stereocenters. The van der Waals surface area contributed by atoms with Gasteiger partial charge in [-0.1, -0.05) is 67.6 Å². The summed E-state index contributed by atoms with van der Waals surface area (Å²) in [5.74, 6) is -0.141. The normalized spacial score (nSPS) is 29.0. The molecule has 1 saturated heterocycles. The van der Waals surface area contributed by atoms with Crippen LogP contribution in [0.15, 0.2) is 60.7 Å².